The number of amides is 12. The Morgan fingerprint density at radius 2 is 1.28 bits per heavy atom. The number of H-pyrrole nitrogens is 2. The van der Waals surface area contributed by atoms with E-state index in [1.807, 2.05) is 19.1 Å². The summed E-state index contributed by atoms with van der Waals surface area (Å²) in [4.78, 5) is 209. The quantitative estimate of drug-likeness (QED) is 0.0245. The molecule has 1 aliphatic rings. The molecule has 7 rings (SSSR count). The largest absolute Gasteiger partial charge is 0.497 e. The summed E-state index contributed by atoms with van der Waals surface area (Å²) in [5.41, 5.74) is 5.63. The van der Waals surface area contributed by atoms with Crippen LogP contribution in [0.15, 0.2) is 110 Å². The lowest BCUT2D eigenvalue weighted by Gasteiger charge is -2.37. The molecule has 37 nitrogen and oxygen atoms in total. The number of carbonyl (C=O) groups excluding carboxylic acids is 12. The number of nitrogens with two attached hydrogens (primary N) is 1. The van der Waals surface area contributed by atoms with Crippen LogP contribution in [0.2, 0.25) is 5.02 Å². The minimum atomic E-state index is -2.44. The molecule has 1 saturated heterocycles. The number of aliphatic hydroxyl groups excluding tert-OH is 2. The molecule has 3 heterocycles. The van der Waals surface area contributed by atoms with Crippen molar-refractivity contribution in [3.63, 3.8) is 0 Å². The Hall–Kier alpha value is -12.6. The molecule has 18 N–H and O–H groups in total. The topological polar surface area (TPSA) is 555 Å². The fourth-order valence-corrected chi connectivity index (χ4v) is 13.2. The number of alkyl carbamates (subject to hydrolysis) is 1. The number of halogens is 2. The normalized spacial score (nSPS) is 16.1. The number of aromatic amines is 2. The zero-order valence-electron chi connectivity index (χ0n) is 65.5. The van der Waals surface area contributed by atoms with E-state index in [9.17, 15) is 87.5 Å². The third kappa shape index (κ3) is 26.2. The number of rotatable bonds is 43. The number of nitrogens with one attached hydrogen (secondary N) is 12. The molecule has 39 heteroatoms. The second-order valence-corrected chi connectivity index (χ2v) is 28.8. The molecule has 0 radical (unpaired) electrons. The van der Waals surface area contributed by atoms with E-state index in [1.165, 1.54) is 55.1 Å². The number of methoxy groups -OCH3 is 2. The van der Waals surface area contributed by atoms with Crippen molar-refractivity contribution in [2.24, 2.45) is 5.73 Å². The SMILES string of the molecule is CCc1cc(OC)ccc1-c1ccc(C[C@H](NC(=O)[C@H](CC(=O)O)NC(=O)[C@H](Cc2c[nH]cn2)NC(=O)[C@@H](NC(=O)C(C)(Cc2ccccc2F)NC(=O)[C@@H](NC(=O)CNC(=O)[C@H](CCC(=O)O)NC(=O)C2(C)CCCN2C(=O)[C@H](Cc2c[nH]cn2)NC(=O)OC)[C@@H](C)O)[C@@H](C)O)C(=O)N[C@@H](CCOc2ccc(Cl)cc2C)C(N)=O)cc1. The summed E-state index contributed by atoms with van der Waals surface area (Å²) >= 11 is 6.12. The lowest BCUT2D eigenvalue weighted by Crippen LogP contribution is -2.67. The van der Waals surface area contributed by atoms with E-state index in [-0.39, 0.29) is 56.5 Å². The monoisotopic (exact) mass is 1650 g/mol. The van der Waals surface area contributed by atoms with Crippen molar-refractivity contribution in [3.8, 4) is 22.6 Å². The van der Waals surface area contributed by atoms with Crippen LogP contribution in [-0.4, -0.2) is 234 Å². The number of benzene rings is 4. The van der Waals surface area contributed by atoms with Gasteiger partial charge in [-0.2, -0.15) is 0 Å². The molecule has 0 bridgehead atoms. The number of aryl methyl sites for hydroxylation is 2. The minimum absolute atomic E-state index is 0.0132. The zero-order chi connectivity index (χ0) is 86.0. The third-order valence-electron chi connectivity index (χ3n) is 19.5. The van der Waals surface area contributed by atoms with Gasteiger partial charge in [-0.05, 0) is 130 Å². The number of nitrogens with zero attached hydrogens (tertiary/aromatic N) is 3. The molecule has 2 aromatic heterocycles. The van der Waals surface area contributed by atoms with Crippen molar-refractivity contribution in [1.82, 2.24) is 78.0 Å². The number of hydrogen-bond donors (Lipinski definition) is 17. The average molecular weight is 1650 g/mol. The van der Waals surface area contributed by atoms with Gasteiger partial charge < -0.3 is 108 Å². The first kappa shape index (κ1) is 91.6. The number of imidazole rings is 2. The van der Waals surface area contributed by atoms with E-state index in [0.29, 0.717) is 39.8 Å². The van der Waals surface area contributed by atoms with Gasteiger partial charge in [0.15, 0.2) is 0 Å². The second kappa shape index (κ2) is 42.7. The summed E-state index contributed by atoms with van der Waals surface area (Å²) in [6.45, 7) is 7.11. The molecule has 0 saturated carbocycles. The summed E-state index contributed by atoms with van der Waals surface area (Å²) in [6.07, 6.45) is -2.67. The van der Waals surface area contributed by atoms with Crippen LogP contribution in [-0.2, 0) is 99.2 Å². The number of ether oxygens (including phenoxy) is 3. The standard InChI is InChI=1S/C78H98ClFN16O21/c1-9-45-31-51(115-7)20-21-52(45)46-17-15-44(16-18-46)30-56(68(106)87-54(66(81)104)25-28-117-60-23-19-48(79)29-41(60)2)88-70(108)58(34-63(102)103)89-69(107)57(32-49-36-82-39-85-49)90-71(109)64(42(3)97)94-74(112)77(5,35-47-13-10-11-14-53(47)80)95-72(110)65(43(4)98)93-61(99)38-84-67(105)55(22-24-62(100)101)91-75(113)78(6)26-12-27-96(78)73(111)59(92-76(114)116-8)33-50-37-83-40-86-50/h10-11,13-21,23,29,31,36-37,39-40,42-43,54-59,64-65,97-98H,9,12,22,24-28,30,32-35,38H2,1-8H3,(H2,81,104)(H,82,85)(H,83,86)(H,84,105)(H,87,106)(H,88,108)(H,89,107)(H,90,109)(H,91,113)(H,92,114)(H,93,99)(H,94,112)(H,95,110)(H,100,101)(H,102,103)/t42-,43-,54+,55+,56+,57+,58+,59+,64+,65+,77?,78?/m1/s1. The van der Waals surface area contributed by atoms with E-state index in [2.05, 4.69) is 73.1 Å². The van der Waals surface area contributed by atoms with E-state index in [1.54, 1.807) is 62.6 Å². The van der Waals surface area contributed by atoms with Crippen LogP contribution in [0.4, 0.5) is 9.18 Å². The van der Waals surface area contributed by atoms with Crippen LogP contribution in [0.3, 0.4) is 0 Å². The Morgan fingerprint density at radius 3 is 1.86 bits per heavy atom. The Morgan fingerprint density at radius 1 is 0.675 bits per heavy atom. The maximum Gasteiger partial charge on any atom is 0.407 e. The summed E-state index contributed by atoms with van der Waals surface area (Å²) in [5.74, 6) is -15.3. The number of aromatic nitrogens is 4. The number of hydrogen-bond acceptors (Lipinski definition) is 21. The summed E-state index contributed by atoms with van der Waals surface area (Å²) < 4.78 is 31.7. The number of carbonyl (C=O) groups is 14. The van der Waals surface area contributed by atoms with E-state index in [4.69, 9.17) is 31.5 Å². The molecule has 630 valence electrons. The highest BCUT2D eigenvalue weighted by Crippen LogP contribution is 2.32. The molecular formula is C78H98ClFN16O21. The Balaban J connectivity index is 1.08. The van der Waals surface area contributed by atoms with Crippen molar-refractivity contribution < 1.29 is 106 Å². The first-order chi connectivity index (χ1) is 55.4. The molecular weight excluding hydrogens is 1550 g/mol. The van der Waals surface area contributed by atoms with Crippen LogP contribution in [0, 0.1) is 12.7 Å². The molecule has 12 atom stereocenters. The lowest BCUT2D eigenvalue weighted by molar-refractivity contribution is -0.146. The van der Waals surface area contributed by atoms with Gasteiger partial charge in [-0.15, -0.1) is 0 Å². The van der Waals surface area contributed by atoms with Gasteiger partial charge in [-0.25, -0.2) is 19.2 Å². The second-order valence-electron chi connectivity index (χ2n) is 28.4. The first-order valence-electron chi connectivity index (χ1n) is 37.3. The number of aliphatic hydroxyl groups is 2. The predicted molar refractivity (Wildman–Crippen MR) is 416 cm³/mol. The molecule has 4 aromatic carbocycles. The first-order valence-corrected chi connectivity index (χ1v) is 37.7. The van der Waals surface area contributed by atoms with Crippen LogP contribution in [0.1, 0.15) is 107 Å². The lowest BCUT2D eigenvalue weighted by atomic mass is 9.90. The smallest absolute Gasteiger partial charge is 0.407 e. The van der Waals surface area contributed by atoms with Gasteiger partial charge in [-0.1, -0.05) is 67.1 Å². The van der Waals surface area contributed by atoms with Crippen molar-refractivity contribution in [2.45, 2.75) is 184 Å². The van der Waals surface area contributed by atoms with Crippen molar-refractivity contribution in [2.75, 3.05) is 33.9 Å². The predicted octanol–water partition coefficient (Wildman–Crippen LogP) is 0.288. The molecule has 12 amide bonds. The summed E-state index contributed by atoms with van der Waals surface area (Å²) in [7, 11) is 2.63. The molecule has 2 unspecified atom stereocenters. The maximum atomic E-state index is 15.7. The fraction of sp³-hybridized carbons (Fsp3) is 0.436. The van der Waals surface area contributed by atoms with E-state index < -0.39 is 199 Å². The van der Waals surface area contributed by atoms with Gasteiger partial charge in [0.05, 0.1) is 70.0 Å². The zero-order valence-corrected chi connectivity index (χ0v) is 66.2. The number of carboxylic acids is 2. The number of aliphatic carboxylic acids is 2. The Bertz CT molecular complexity index is 4540. The van der Waals surface area contributed by atoms with Gasteiger partial charge in [0.25, 0.3) is 0 Å². The molecule has 1 fully saturated rings. The highest BCUT2D eigenvalue weighted by molar-refractivity contribution is 6.30. The van der Waals surface area contributed by atoms with Crippen LogP contribution < -0.4 is 68.4 Å². The average Bonchev–Trinajstić information content (AvgIpc) is 1.66. The van der Waals surface area contributed by atoms with E-state index in [0.717, 1.165) is 50.6 Å². The minimum Gasteiger partial charge on any atom is -0.497 e. The van der Waals surface area contributed by atoms with Gasteiger partial charge >= 0.3 is 18.0 Å². The highest BCUT2D eigenvalue weighted by Gasteiger charge is 2.49. The third-order valence-corrected chi connectivity index (χ3v) is 19.7. The fourth-order valence-electron chi connectivity index (χ4n) is 13.0. The van der Waals surface area contributed by atoms with E-state index >= 15 is 4.39 Å². The summed E-state index contributed by atoms with van der Waals surface area (Å²) in [5, 5.41) is 66.6. The Kier molecular flexibility index (Phi) is 33.4. The van der Waals surface area contributed by atoms with Crippen molar-refractivity contribution in [3.05, 3.63) is 154 Å². The van der Waals surface area contributed by atoms with Crippen LogP contribution >= 0.6 is 11.6 Å². The van der Waals surface area contributed by atoms with Gasteiger partial charge in [0.1, 0.15) is 76.7 Å². The van der Waals surface area contributed by atoms with Gasteiger partial charge in [0.2, 0.25) is 65.0 Å². The van der Waals surface area contributed by atoms with Crippen LogP contribution in [0.25, 0.3) is 11.1 Å². The highest BCUT2D eigenvalue weighted by atomic mass is 35.5. The molecule has 117 heavy (non-hydrogen) atoms. The number of likely N-dealkylation sites (tertiary alicyclic amines) is 1. The molecule has 1 aliphatic heterocycles. The summed E-state index contributed by atoms with van der Waals surface area (Å²) in [6, 6.07) is 8.21. The van der Waals surface area contributed by atoms with Gasteiger partial charge in [0, 0.05) is 62.5 Å². The molecule has 0 aliphatic carbocycles. The number of carboxylic acid groups (broad SMARTS) is 2. The Labute approximate surface area is 676 Å². The maximum absolute atomic E-state index is 15.7. The van der Waals surface area contributed by atoms with Crippen molar-refractivity contribution in [1.29, 1.82) is 0 Å². The van der Waals surface area contributed by atoms with Crippen molar-refractivity contribution >= 4 is 94.6 Å². The van der Waals surface area contributed by atoms with Gasteiger partial charge in [-0.3, -0.25) is 62.3 Å². The molecule has 6 aromatic rings. The molecule has 0 spiro atoms. The van der Waals surface area contributed by atoms with Crippen LogP contribution in [0.5, 0.6) is 11.5 Å². The number of primary amides is 1.